The van der Waals surface area contributed by atoms with Crippen LogP contribution in [0.1, 0.15) is 42.3 Å². The summed E-state index contributed by atoms with van der Waals surface area (Å²) in [5.74, 6) is 0.202. The van der Waals surface area contributed by atoms with E-state index in [1.165, 1.54) is 5.56 Å². The highest BCUT2D eigenvalue weighted by Crippen LogP contribution is 2.32. The molecule has 0 amide bonds. The molecule has 0 N–H and O–H groups in total. The molecule has 0 aliphatic heterocycles. The Bertz CT molecular complexity index is 669. The number of aryl methyl sites for hydroxylation is 1. The summed E-state index contributed by atoms with van der Waals surface area (Å²) >= 11 is 3.48. The number of hydrogen-bond donors (Lipinski definition) is 0. The van der Waals surface area contributed by atoms with E-state index >= 15 is 0 Å². The molecule has 0 bridgehead atoms. The normalized spacial score (nSPS) is 11.3. The molecular formula is C18H19BrO2. The highest BCUT2D eigenvalue weighted by molar-refractivity contribution is 9.10. The lowest BCUT2D eigenvalue weighted by Crippen LogP contribution is -2.13. The largest absolute Gasteiger partial charge is 0.422 e. The van der Waals surface area contributed by atoms with Crippen LogP contribution < -0.4 is 4.74 Å². The van der Waals surface area contributed by atoms with Gasteiger partial charge >= 0.3 is 5.97 Å². The Morgan fingerprint density at radius 3 is 2.33 bits per heavy atom. The number of ether oxygens (including phenoxy) is 1. The van der Waals surface area contributed by atoms with E-state index in [2.05, 4.69) is 36.7 Å². The van der Waals surface area contributed by atoms with Crippen molar-refractivity contribution in [1.29, 1.82) is 0 Å². The zero-order chi connectivity index (χ0) is 15.6. The van der Waals surface area contributed by atoms with E-state index in [4.69, 9.17) is 4.74 Å². The third-order valence-corrected chi connectivity index (χ3v) is 3.99. The lowest BCUT2D eigenvalue weighted by Gasteiger charge is -2.20. The Balaban J connectivity index is 2.25. The summed E-state index contributed by atoms with van der Waals surface area (Å²) in [6, 6.07) is 13.2. The van der Waals surface area contributed by atoms with Gasteiger partial charge in [0.05, 0.1) is 10.0 Å². The van der Waals surface area contributed by atoms with Crippen molar-refractivity contribution in [3.05, 3.63) is 63.6 Å². The van der Waals surface area contributed by atoms with Gasteiger partial charge in [0, 0.05) is 0 Å². The predicted octanol–water partition coefficient (Wildman–Crippen LogP) is 5.27. The Morgan fingerprint density at radius 2 is 1.76 bits per heavy atom. The Morgan fingerprint density at radius 1 is 1.10 bits per heavy atom. The number of halogens is 1. The van der Waals surface area contributed by atoms with E-state index in [9.17, 15) is 4.79 Å². The van der Waals surface area contributed by atoms with Crippen LogP contribution in [0.4, 0.5) is 0 Å². The second kappa shape index (κ2) is 6.02. The van der Waals surface area contributed by atoms with Gasteiger partial charge in [-0.3, -0.25) is 0 Å². The number of esters is 1. The Kier molecular flexibility index (Phi) is 4.52. The van der Waals surface area contributed by atoms with Gasteiger partial charge in [-0.2, -0.15) is 0 Å². The maximum atomic E-state index is 12.2. The van der Waals surface area contributed by atoms with Crippen LogP contribution in [0.25, 0.3) is 0 Å². The van der Waals surface area contributed by atoms with Crippen molar-refractivity contribution < 1.29 is 9.53 Å². The van der Waals surface area contributed by atoms with Crippen LogP contribution in [0.15, 0.2) is 46.9 Å². The molecule has 0 saturated heterocycles. The van der Waals surface area contributed by atoms with Crippen LogP contribution >= 0.6 is 15.9 Å². The average Bonchev–Trinajstić information content (AvgIpc) is 2.40. The van der Waals surface area contributed by atoms with Gasteiger partial charge in [-0.1, -0.05) is 45.0 Å². The second-order valence-electron chi connectivity index (χ2n) is 6.10. The summed E-state index contributed by atoms with van der Waals surface area (Å²) in [5.41, 5.74) is 2.74. The molecule has 0 aliphatic carbocycles. The fourth-order valence-electron chi connectivity index (χ4n) is 2.01. The molecule has 0 spiro atoms. The van der Waals surface area contributed by atoms with E-state index in [0.29, 0.717) is 11.3 Å². The predicted molar refractivity (Wildman–Crippen MR) is 89.0 cm³/mol. The minimum Gasteiger partial charge on any atom is -0.422 e. The second-order valence-corrected chi connectivity index (χ2v) is 6.95. The highest BCUT2D eigenvalue weighted by atomic mass is 79.9. The standard InChI is InChI=1S/C18H19BrO2/c1-12-7-5-6-8-14(12)17(20)21-16-10-9-13(11-15(16)19)18(2,3)4/h5-11H,1-4H3. The molecule has 0 unspecified atom stereocenters. The third kappa shape index (κ3) is 3.73. The van der Waals surface area contributed by atoms with Gasteiger partial charge in [0.15, 0.2) is 0 Å². The first-order valence-electron chi connectivity index (χ1n) is 6.87. The summed E-state index contributed by atoms with van der Waals surface area (Å²) in [6.07, 6.45) is 0. The van der Waals surface area contributed by atoms with Gasteiger partial charge in [-0.15, -0.1) is 0 Å². The van der Waals surface area contributed by atoms with Crippen molar-refractivity contribution in [3.63, 3.8) is 0 Å². The molecule has 0 fully saturated rings. The van der Waals surface area contributed by atoms with Crippen molar-refractivity contribution in [2.45, 2.75) is 33.1 Å². The zero-order valence-corrected chi connectivity index (χ0v) is 14.3. The van der Waals surface area contributed by atoms with Crippen molar-refractivity contribution in [1.82, 2.24) is 0 Å². The highest BCUT2D eigenvalue weighted by Gasteiger charge is 2.17. The summed E-state index contributed by atoms with van der Waals surface area (Å²) in [6.45, 7) is 8.34. The van der Waals surface area contributed by atoms with Crippen molar-refractivity contribution in [3.8, 4) is 5.75 Å². The smallest absolute Gasteiger partial charge is 0.343 e. The molecule has 110 valence electrons. The third-order valence-electron chi connectivity index (χ3n) is 3.37. The van der Waals surface area contributed by atoms with E-state index in [1.807, 2.05) is 43.3 Å². The van der Waals surface area contributed by atoms with Crippen LogP contribution in [0.2, 0.25) is 0 Å². The maximum Gasteiger partial charge on any atom is 0.343 e. The average molecular weight is 347 g/mol. The molecule has 0 radical (unpaired) electrons. The number of carbonyl (C=O) groups excluding carboxylic acids is 1. The van der Waals surface area contributed by atoms with Gasteiger partial charge in [0.25, 0.3) is 0 Å². The molecule has 0 heterocycles. The lowest BCUT2D eigenvalue weighted by molar-refractivity contribution is 0.0733. The SMILES string of the molecule is Cc1ccccc1C(=O)Oc1ccc(C(C)(C)C)cc1Br. The van der Waals surface area contributed by atoms with Gasteiger partial charge in [-0.05, 0) is 57.6 Å². The van der Waals surface area contributed by atoms with E-state index in [-0.39, 0.29) is 11.4 Å². The van der Waals surface area contributed by atoms with E-state index < -0.39 is 0 Å². The first-order valence-corrected chi connectivity index (χ1v) is 7.66. The quantitative estimate of drug-likeness (QED) is 0.546. The molecule has 0 atom stereocenters. The fourth-order valence-corrected chi connectivity index (χ4v) is 2.47. The van der Waals surface area contributed by atoms with Gasteiger partial charge in [-0.25, -0.2) is 4.79 Å². The monoisotopic (exact) mass is 346 g/mol. The molecule has 0 aliphatic rings. The zero-order valence-electron chi connectivity index (χ0n) is 12.7. The number of rotatable bonds is 2. The van der Waals surface area contributed by atoms with E-state index in [1.54, 1.807) is 6.07 Å². The molecule has 2 aromatic carbocycles. The van der Waals surface area contributed by atoms with Crippen LogP contribution in [-0.4, -0.2) is 5.97 Å². The van der Waals surface area contributed by atoms with Crippen molar-refractivity contribution >= 4 is 21.9 Å². The minimum atomic E-state index is -0.336. The molecule has 2 nitrogen and oxygen atoms in total. The van der Waals surface area contributed by atoms with Crippen LogP contribution in [0.5, 0.6) is 5.75 Å². The molecule has 21 heavy (non-hydrogen) atoms. The fraction of sp³-hybridized carbons (Fsp3) is 0.278. The molecular weight excluding hydrogens is 328 g/mol. The topological polar surface area (TPSA) is 26.3 Å². The van der Waals surface area contributed by atoms with Gasteiger partial charge in [0.2, 0.25) is 0 Å². The lowest BCUT2D eigenvalue weighted by atomic mass is 9.87. The minimum absolute atomic E-state index is 0.0566. The molecule has 0 aromatic heterocycles. The summed E-state index contributed by atoms with van der Waals surface area (Å²) in [5, 5.41) is 0. The first kappa shape index (κ1) is 15.8. The van der Waals surface area contributed by atoms with Crippen molar-refractivity contribution in [2.24, 2.45) is 0 Å². The summed E-state index contributed by atoms with van der Waals surface area (Å²) in [7, 11) is 0. The Hall–Kier alpha value is -1.61. The molecule has 0 saturated carbocycles. The van der Waals surface area contributed by atoms with Crippen LogP contribution in [0, 0.1) is 6.92 Å². The van der Waals surface area contributed by atoms with Gasteiger partial charge in [0.1, 0.15) is 5.75 Å². The molecule has 3 heteroatoms. The summed E-state index contributed by atoms with van der Waals surface area (Å²) < 4.78 is 6.28. The first-order chi connectivity index (χ1) is 9.79. The number of carbonyl (C=O) groups is 1. The summed E-state index contributed by atoms with van der Waals surface area (Å²) in [4.78, 5) is 12.2. The van der Waals surface area contributed by atoms with Gasteiger partial charge < -0.3 is 4.74 Å². The Labute approximate surface area is 134 Å². The maximum absolute atomic E-state index is 12.2. The van der Waals surface area contributed by atoms with Crippen LogP contribution in [-0.2, 0) is 5.41 Å². The van der Waals surface area contributed by atoms with Crippen molar-refractivity contribution in [2.75, 3.05) is 0 Å². The van der Waals surface area contributed by atoms with Crippen LogP contribution in [0.3, 0.4) is 0 Å². The molecule has 2 aromatic rings. The number of benzene rings is 2. The van der Waals surface area contributed by atoms with E-state index in [0.717, 1.165) is 10.0 Å². The number of hydrogen-bond acceptors (Lipinski definition) is 2. The molecule has 2 rings (SSSR count).